The summed E-state index contributed by atoms with van der Waals surface area (Å²) >= 11 is 0. The molecular formula is C16H28N6O2. The van der Waals surface area contributed by atoms with Gasteiger partial charge in [0.1, 0.15) is 11.7 Å². The van der Waals surface area contributed by atoms with E-state index in [1.54, 1.807) is 19.0 Å². The van der Waals surface area contributed by atoms with Gasteiger partial charge in [-0.3, -0.25) is 4.68 Å². The molecule has 2 amide bonds. The Kier molecular flexibility index (Phi) is 5.35. The molecule has 8 heteroatoms. The van der Waals surface area contributed by atoms with Crippen LogP contribution < -0.4 is 0 Å². The third-order valence-corrected chi connectivity index (χ3v) is 4.91. The first kappa shape index (κ1) is 17.2. The summed E-state index contributed by atoms with van der Waals surface area (Å²) in [6.45, 7) is 5.14. The maximum Gasteiger partial charge on any atom is 0.320 e. The van der Waals surface area contributed by atoms with E-state index in [9.17, 15) is 4.79 Å². The van der Waals surface area contributed by atoms with Gasteiger partial charge in [-0.1, -0.05) is 5.21 Å². The zero-order chi connectivity index (χ0) is 17.1. The summed E-state index contributed by atoms with van der Waals surface area (Å²) in [6.07, 6.45) is 3.36. The van der Waals surface area contributed by atoms with Gasteiger partial charge in [0.2, 0.25) is 0 Å². The molecule has 0 aliphatic carbocycles. The van der Waals surface area contributed by atoms with Crippen molar-refractivity contribution in [2.75, 3.05) is 53.5 Å². The number of aromatic nitrogens is 3. The number of nitrogens with zero attached hydrogens (tertiary/aromatic N) is 6. The molecule has 1 saturated heterocycles. The van der Waals surface area contributed by atoms with E-state index >= 15 is 0 Å². The second kappa shape index (κ2) is 7.48. The number of rotatable bonds is 5. The Balaban J connectivity index is 1.64. The lowest BCUT2D eigenvalue weighted by atomic mass is 10.0. The van der Waals surface area contributed by atoms with Crippen LogP contribution in [0.3, 0.4) is 0 Å². The minimum Gasteiger partial charge on any atom is -0.378 e. The smallest absolute Gasteiger partial charge is 0.320 e. The lowest BCUT2D eigenvalue weighted by Crippen LogP contribution is -2.47. The number of aryl methyl sites for hydroxylation is 1. The Hall–Kier alpha value is -1.67. The minimum atomic E-state index is -0.157. The second-order valence-electron chi connectivity index (χ2n) is 6.80. The lowest BCUT2D eigenvalue weighted by molar-refractivity contribution is 0.0499. The van der Waals surface area contributed by atoms with Crippen molar-refractivity contribution in [3.8, 4) is 0 Å². The van der Waals surface area contributed by atoms with Crippen LogP contribution in [0.2, 0.25) is 0 Å². The van der Waals surface area contributed by atoms with Crippen LogP contribution in [-0.2, 0) is 18.2 Å². The number of likely N-dealkylation sites (tertiary alicyclic amines) is 1. The van der Waals surface area contributed by atoms with Gasteiger partial charge >= 0.3 is 6.03 Å². The number of hydrogen-bond donors (Lipinski definition) is 0. The topological polar surface area (TPSA) is 66.7 Å². The highest BCUT2D eigenvalue weighted by molar-refractivity contribution is 5.74. The summed E-state index contributed by atoms with van der Waals surface area (Å²) in [7, 11) is 5.46. The Morgan fingerprint density at radius 3 is 2.75 bits per heavy atom. The molecule has 0 bridgehead atoms. The quantitative estimate of drug-likeness (QED) is 0.733. The number of urea groups is 1. The summed E-state index contributed by atoms with van der Waals surface area (Å²) in [5.74, 6) is 0. The minimum absolute atomic E-state index is 0.000513. The largest absolute Gasteiger partial charge is 0.378 e. The molecule has 2 aliphatic rings. The van der Waals surface area contributed by atoms with Crippen molar-refractivity contribution in [1.29, 1.82) is 0 Å². The van der Waals surface area contributed by atoms with Gasteiger partial charge in [-0.25, -0.2) is 4.79 Å². The van der Waals surface area contributed by atoms with E-state index in [4.69, 9.17) is 4.74 Å². The Morgan fingerprint density at radius 1 is 1.29 bits per heavy atom. The van der Waals surface area contributed by atoms with Crippen LogP contribution in [0.4, 0.5) is 4.79 Å². The first-order valence-corrected chi connectivity index (χ1v) is 8.74. The molecule has 8 nitrogen and oxygen atoms in total. The first-order valence-electron chi connectivity index (χ1n) is 8.74. The predicted octanol–water partition coefficient (Wildman–Crippen LogP) is 0.508. The summed E-state index contributed by atoms with van der Waals surface area (Å²) < 4.78 is 7.74. The molecule has 0 aromatic carbocycles. The number of carbonyl (C=O) groups is 1. The van der Waals surface area contributed by atoms with Crippen LogP contribution in [0.5, 0.6) is 0 Å². The van der Waals surface area contributed by atoms with Gasteiger partial charge in [0.25, 0.3) is 0 Å². The molecule has 0 unspecified atom stereocenters. The van der Waals surface area contributed by atoms with E-state index in [1.807, 2.05) is 16.6 Å². The summed E-state index contributed by atoms with van der Waals surface area (Å²) in [6, 6.07) is -0.157. The Morgan fingerprint density at radius 2 is 2.04 bits per heavy atom. The van der Waals surface area contributed by atoms with E-state index in [0.29, 0.717) is 19.8 Å². The van der Waals surface area contributed by atoms with Gasteiger partial charge in [-0.2, -0.15) is 0 Å². The van der Waals surface area contributed by atoms with Crippen molar-refractivity contribution >= 4 is 6.03 Å². The van der Waals surface area contributed by atoms with Crippen LogP contribution in [0.15, 0.2) is 0 Å². The van der Waals surface area contributed by atoms with Crippen molar-refractivity contribution in [3.05, 3.63) is 11.4 Å². The van der Waals surface area contributed by atoms with Crippen molar-refractivity contribution in [2.45, 2.75) is 25.3 Å². The van der Waals surface area contributed by atoms with Crippen molar-refractivity contribution in [1.82, 2.24) is 29.7 Å². The molecule has 1 fully saturated rings. The number of ether oxygens (including phenoxy) is 1. The molecule has 0 N–H and O–H groups in total. The Bertz CT molecular complexity index is 567. The molecule has 0 spiro atoms. The van der Waals surface area contributed by atoms with Crippen LogP contribution in [0, 0.1) is 0 Å². The highest BCUT2D eigenvalue weighted by Crippen LogP contribution is 2.28. The summed E-state index contributed by atoms with van der Waals surface area (Å²) in [5, 5.41) is 8.43. The molecule has 1 atom stereocenters. The second-order valence-corrected chi connectivity index (χ2v) is 6.80. The SMILES string of the molecule is CN(C)C(=O)N1CCc2c(nnn2C)[C@@H]1COCCN1CCCC1. The van der Waals surface area contributed by atoms with Crippen molar-refractivity contribution in [2.24, 2.45) is 7.05 Å². The van der Waals surface area contributed by atoms with Crippen molar-refractivity contribution < 1.29 is 9.53 Å². The standard InChI is InChI=1S/C16H28N6O2/c1-19(2)16(23)22-9-6-13-15(17-18-20(13)3)14(22)12-24-11-10-21-7-4-5-8-21/h14H,4-12H2,1-3H3/t14-/m0/s1. The van der Waals surface area contributed by atoms with Crippen LogP contribution in [0.25, 0.3) is 0 Å². The van der Waals surface area contributed by atoms with Crippen molar-refractivity contribution in [3.63, 3.8) is 0 Å². The molecule has 3 rings (SSSR count). The van der Waals surface area contributed by atoms with Crippen LogP contribution in [0.1, 0.15) is 30.3 Å². The van der Waals surface area contributed by atoms with E-state index in [1.165, 1.54) is 25.9 Å². The molecule has 134 valence electrons. The molecule has 24 heavy (non-hydrogen) atoms. The number of fused-ring (bicyclic) bond motifs is 1. The molecular weight excluding hydrogens is 308 g/mol. The fourth-order valence-corrected chi connectivity index (χ4v) is 3.52. The van der Waals surface area contributed by atoms with Gasteiger partial charge in [0.15, 0.2) is 0 Å². The average Bonchev–Trinajstić information content (AvgIpc) is 3.21. The van der Waals surface area contributed by atoms with E-state index in [-0.39, 0.29) is 12.1 Å². The maximum absolute atomic E-state index is 12.5. The zero-order valence-electron chi connectivity index (χ0n) is 14.9. The van der Waals surface area contributed by atoms with Gasteiger partial charge in [0.05, 0.1) is 18.9 Å². The van der Waals surface area contributed by atoms with Gasteiger partial charge < -0.3 is 19.4 Å². The van der Waals surface area contributed by atoms with Gasteiger partial charge in [0, 0.05) is 40.7 Å². The Labute approximate surface area is 143 Å². The molecule has 3 heterocycles. The third-order valence-electron chi connectivity index (χ3n) is 4.91. The monoisotopic (exact) mass is 336 g/mol. The number of carbonyl (C=O) groups excluding carboxylic acids is 1. The number of hydrogen-bond acceptors (Lipinski definition) is 5. The highest BCUT2D eigenvalue weighted by atomic mass is 16.5. The zero-order valence-corrected chi connectivity index (χ0v) is 14.9. The van der Waals surface area contributed by atoms with E-state index in [2.05, 4.69) is 15.2 Å². The predicted molar refractivity (Wildman–Crippen MR) is 89.7 cm³/mol. The summed E-state index contributed by atoms with van der Waals surface area (Å²) in [4.78, 5) is 18.4. The molecule has 0 radical (unpaired) electrons. The maximum atomic E-state index is 12.5. The number of amides is 2. The summed E-state index contributed by atoms with van der Waals surface area (Å²) in [5.41, 5.74) is 1.98. The molecule has 0 saturated carbocycles. The molecule has 1 aromatic heterocycles. The van der Waals surface area contributed by atoms with Gasteiger partial charge in [-0.05, 0) is 25.9 Å². The van der Waals surface area contributed by atoms with E-state index in [0.717, 1.165) is 24.4 Å². The molecule has 2 aliphatic heterocycles. The average molecular weight is 336 g/mol. The van der Waals surface area contributed by atoms with E-state index < -0.39 is 0 Å². The highest BCUT2D eigenvalue weighted by Gasteiger charge is 2.35. The fourth-order valence-electron chi connectivity index (χ4n) is 3.52. The third kappa shape index (κ3) is 3.54. The van der Waals surface area contributed by atoms with Gasteiger partial charge in [-0.15, -0.1) is 5.10 Å². The van der Waals surface area contributed by atoms with Crippen LogP contribution in [-0.4, -0.2) is 89.2 Å². The molecule has 1 aromatic rings. The lowest BCUT2D eigenvalue weighted by Gasteiger charge is -2.36. The normalized spacial score (nSPS) is 21.1. The fraction of sp³-hybridized carbons (Fsp3) is 0.812. The first-order chi connectivity index (χ1) is 11.6. The van der Waals surface area contributed by atoms with Crippen LogP contribution >= 0.6 is 0 Å².